The standard InChI is InChI=1S/C42H43FN8O9/c1-5-47-21-30(39(54)55)35(52)29-19-31(43)33(20-32(29)47)48-15-17-49(18-16-48)41(57)59-23-27-11-13-28(14-12-27)44-38(53)25(4)36-45-46-37-34(24(2)3)50(40(56)51(36)37)42(58)60-22-26-9-7-6-8-10-26/h6-14,19-21,24-25,34H,5,15-18,22-23H2,1-4H3,(H,44,53)(H,54,55)/t25-,34+/m1/s1. The van der Waals surface area contributed by atoms with Crippen LogP contribution in [0.4, 0.5) is 30.1 Å². The minimum atomic E-state index is -1.38. The average Bonchev–Trinajstić information content (AvgIpc) is 3.81. The highest BCUT2D eigenvalue weighted by Gasteiger charge is 2.47. The zero-order chi connectivity index (χ0) is 42.8. The molecule has 0 spiro atoms. The molecule has 0 unspecified atom stereocenters. The highest BCUT2D eigenvalue weighted by molar-refractivity contribution is 5.98. The molecule has 0 bridgehead atoms. The molecule has 2 aromatic heterocycles. The van der Waals surface area contributed by atoms with Gasteiger partial charge in [0, 0.05) is 50.0 Å². The number of imide groups is 1. The Labute approximate surface area is 342 Å². The maximum absolute atomic E-state index is 15.3. The number of nitrogens with one attached hydrogen (secondary N) is 1. The van der Waals surface area contributed by atoms with Gasteiger partial charge in [0.05, 0.1) is 17.1 Å². The van der Waals surface area contributed by atoms with Crippen molar-refractivity contribution in [2.24, 2.45) is 5.92 Å². The van der Waals surface area contributed by atoms with Gasteiger partial charge in [0.15, 0.2) is 11.6 Å². The van der Waals surface area contributed by atoms with Crippen molar-refractivity contribution in [2.75, 3.05) is 36.4 Å². The van der Waals surface area contributed by atoms with Crippen LogP contribution in [-0.4, -0.2) is 90.5 Å². The molecular formula is C42H43FN8O9. The summed E-state index contributed by atoms with van der Waals surface area (Å²) < 4.78 is 29.1. The zero-order valence-electron chi connectivity index (χ0n) is 33.3. The first-order valence-electron chi connectivity index (χ1n) is 19.4. The largest absolute Gasteiger partial charge is 0.477 e. The third kappa shape index (κ3) is 7.99. The molecule has 0 saturated carbocycles. The molecule has 2 aliphatic heterocycles. The summed E-state index contributed by atoms with van der Waals surface area (Å²) in [4.78, 5) is 81.8. The minimum Gasteiger partial charge on any atom is -0.477 e. The summed E-state index contributed by atoms with van der Waals surface area (Å²) in [5.74, 6) is -3.37. The van der Waals surface area contributed by atoms with Crippen LogP contribution in [0.15, 0.2) is 77.7 Å². The molecule has 1 saturated heterocycles. The third-order valence-electron chi connectivity index (χ3n) is 10.6. The first kappa shape index (κ1) is 41.1. The molecule has 1 fully saturated rings. The van der Waals surface area contributed by atoms with E-state index < -0.39 is 58.9 Å². The van der Waals surface area contributed by atoms with Gasteiger partial charge in [0.2, 0.25) is 11.3 Å². The summed E-state index contributed by atoms with van der Waals surface area (Å²) in [5, 5.41) is 20.6. The molecule has 5 aromatic rings. The molecule has 60 heavy (non-hydrogen) atoms. The van der Waals surface area contributed by atoms with Crippen molar-refractivity contribution < 1.29 is 42.9 Å². The Morgan fingerprint density at radius 2 is 1.53 bits per heavy atom. The van der Waals surface area contributed by atoms with Crippen LogP contribution in [0, 0.1) is 11.7 Å². The number of carboxylic acid groups (broad SMARTS) is 1. The van der Waals surface area contributed by atoms with Gasteiger partial charge in [-0.25, -0.2) is 33.0 Å². The van der Waals surface area contributed by atoms with Crippen LogP contribution in [0.5, 0.6) is 0 Å². The van der Waals surface area contributed by atoms with Gasteiger partial charge in [-0.15, -0.1) is 10.2 Å². The molecule has 2 aliphatic rings. The summed E-state index contributed by atoms with van der Waals surface area (Å²) in [6.45, 7) is 8.41. The van der Waals surface area contributed by atoms with Gasteiger partial charge in [-0.3, -0.25) is 9.59 Å². The number of aromatic carboxylic acids is 1. The fraction of sp³-hybridized carbons (Fsp3) is 0.333. The number of piperazine rings is 1. The lowest BCUT2D eigenvalue weighted by Crippen LogP contribution is -2.49. The maximum Gasteiger partial charge on any atom is 0.419 e. The van der Waals surface area contributed by atoms with Crippen LogP contribution in [0.2, 0.25) is 0 Å². The summed E-state index contributed by atoms with van der Waals surface area (Å²) in [6.07, 6.45) is -0.127. The zero-order valence-corrected chi connectivity index (χ0v) is 33.3. The van der Waals surface area contributed by atoms with Crippen molar-refractivity contribution in [3.05, 3.63) is 117 Å². The first-order chi connectivity index (χ1) is 28.8. The van der Waals surface area contributed by atoms with Crippen molar-refractivity contribution in [1.82, 2.24) is 29.1 Å². The molecule has 2 N–H and O–H groups in total. The van der Waals surface area contributed by atoms with Gasteiger partial charge in [0.25, 0.3) is 0 Å². The van der Waals surface area contributed by atoms with Crippen LogP contribution >= 0.6 is 0 Å². The number of halogens is 1. The Kier molecular flexibility index (Phi) is 11.6. The summed E-state index contributed by atoms with van der Waals surface area (Å²) in [7, 11) is 0. The van der Waals surface area contributed by atoms with E-state index in [4.69, 9.17) is 9.47 Å². The number of rotatable bonds is 11. The lowest BCUT2D eigenvalue weighted by atomic mass is 10.0. The van der Waals surface area contributed by atoms with Crippen LogP contribution in [0.3, 0.4) is 0 Å². The molecule has 4 amide bonds. The van der Waals surface area contributed by atoms with E-state index in [0.29, 0.717) is 23.3 Å². The van der Waals surface area contributed by atoms with Crippen LogP contribution < -0.4 is 15.6 Å². The summed E-state index contributed by atoms with van der Waals surface area (Å²) in [6, 6.07) is 16.9. The normalized spacial score (nSPS) is 15.6. The van der Waals surface area contributed by atoms with E-state index in [0.717, 1.165) is 16.5 Å². The van der Waals surface area contributed by atoms with E-state index in [1.807, 2.05) is 32.0 Å². The van der Waals surface area contributed by atoms with Gasteiger partial charge in [0.1, 0.15) is 30.6 Å². The summed E-state index contributed by atoms with van der Waals surface area (Å²) >= 11 is 0. The molecular weight excluding hydrogens is 780 g/mol. The number of nitrogens with zero attached hydrogens (tertiary/aromatic N) is 7. The third-order valence-corrected chi connectivity index (χ3v) is 10.6. The fourth-order valence-electron chi connectivity index (χ4n) is 7.37. The Morgan fingerprint density at radius 1 is 0.883 bits per heavy atom. The number of aryl methyl sites for hydroxylation is 1. The Morgan fingerprint density at radius 3 is 2.17 bits per heavy atom. The van der Waals surface area contributed by atoms with E-state index in [2.05, 4.69) is 15.5 Å². The number of pyridine rings is 1. The van der Waals surface area contributed by atoms with Gasteiger partial charge < -0.3 is 34.3 Å². The van der Waals surface area contributed by atoms with Crippen molar-refractivity contribution in [3.63, 3.8) is 0 Å². The number of carboxylic acids is 1. The minimum absolute atomic E-state index is 0.0224. The topological polar surface area (TPSA) is 198 Å². The second-order valence-electron chi connectivity index (χ2n) is 14.9. The molecule has 0 radical (unpaired) electrons. The van der Waals surface area contributed by atoms with Crippen molar-refractivity contribution >= 4 is 52.4 Å². The maximum atomic E-state index is 15.3. The smallest absolute Gasteiger partial charge is 0.419 e. The molecule has 0 aliphatic carbocycles. The van der Waals surface area contributed by atoms with Crippen LogP contribution in [0.25, 0.3) is 10.9 Å². The number of fused-ring (bicyclic) bond motifs is 2. The first-order valence-corrected chi connectivity index (χ1v) is 19.4. The molecule has 2 atom stereocenters. The molecule has 7 rings (SSSR count). The van der Waals surface area contributed by atoms with Crippen molar-refractivity contribution in [3.8, 4) is 0 Å². The lowest BCUT2D eigenvalue weighted by molar-refractivity contribution is -0.117. The Hall–Kier alpha value is -7.11. The van der Waals surface area contributed by atoms with E-state index in [1.54, 1.807) is 59.7 Å². The van der Waals surface area contributed by atoms with E-state index in [9.17, 15) is 33.9 Å². The highest BCUT2D eigenvalue weighted by atomic mass is 19.1. The van der Waals surface area contributed by atoms with Crippen LogP contribution in [0.1, 0.15) is 72.8 Å². The number of carbonyl (C=O) groups excluding carboxylic acids is 4. The molecule has 3 aromatic carbocycles. The second-order valence-corrected chi connectivity index (χ2v) is 14.9. The van der Waals surface area contributed by atoms with Crippen molar-refractivity contribution in [2.45, 2.75) is 59.4 Å². The number of amides is 4. The number of aromatic nitrogens is 4. The van der Waals surface area contributed by atoms with Crippen LogP contribution in [-0.2, 0) is 34.0 Å². The SMILES string of the molecule is CCn1cc(C(=O)O)c(=O)c2cc(F)c(N3CCN(C(=O)OCc4ccc(NC(=O)[C@H](C)c5nnc6n5C(=O)N(C(=O)OCc5ccccc5)[C@H]6C(C)C)cc4)CC3)cc21. The number of carbonyl (C=O) groups is 5. The van der Waals surface area contributed by atoms with Crippen molar-refractivity contribution in [1.29, 1.82) is 0 Å². The summed E-state index contributed by atoms with van der Waals surface area (Å²) in [5.41, 5.74) is 1.31. The van der Waals surface area contributed by atoms with Gasteiger partial charge in [-0.05, 0) is 55.2 Å². The molecule has 18 heteroatoms. The van der Waals surface area contributed by atoms with E-state index >= 15 is 4.39 Å². The van der Waals surface area contributed by atoms with Gasteiger partial charge in [-0.1, -0.05) is 56.3 Å². The average molecular weight is 823 g/mol. The monoisotopic (exact) mass is 822 g/mol. The van der Waals surface area contributed by atoms with Gasteiger partial charge >= 0.3 is 24.2 Å². The predicted molar refractivity (Wildman–Crippen MR) is 215 cm³/mol. The molecule has 17 nitrogen and oxygen atoms in total. The lowest BCUT2D eigenvalue weighted by Gasteiger charge is -2.35. The Bertz CT molecular complexity index is 2530. The number of benzene rings is 3. The molecule has 4 heterocycles. The number of hydrogen-bond donors (Lipinski definition) is 2. The highest BCUT2D eigenvalue weighted by Crippen LogP contribution is 2.37. The fourth-order valence-corrected chi connectivity index (χ4v) is 7.37. The number of ether oxygens (including phenoxy) is 2. The van der Waals surface area contributed by atoms with E-state index in [1.165, 1.54) is 21.7 Å². The quantitative estimate of drug-likeness (QED) is 0.159. The Balaban J connectivity index is 0.923. The van der Waals surface area contributed by atoms with Gasteiger partial charge in [-0.2, -0.15) is 0 Å². The number of anilines is 2. The number of hydrogen-bond acceptors (Lipinski definition) is 11. The molecule has 312 valence electrons. The van der Waals surface area contributed by atoms with E-state index in [-0.39, 0.29) is 68.0 Å². The second kappa shape index (κ2) is 17.0. The predicted octanol–water partition coefficient (Wildman–Crippen LogP) is 5.97.